The Morgan fingerprint density at radius 3 is 2.27 bits per heavy atom. The molecule has 0 saturated carbocycles. The lowest BCUT2D eigenvalue weighted by Crippen LogP contribution is -2.36. The lowest BCUT2D eigenvalue weighted by Gasteiger charge is -2.30. The van der Waals surface area contributed by atoms with Crippen LogP contribution >= 0.6 is 0 Å². The highest BCUT2D eigenvalue weighted by Crippen LogP contribution is 2.19. The molecule has 0 atom stereocenters. The Hall–Kier alpha value is -1.02. The summed E-state index contributed by atoms with van der Waals surface area (Å²) in [5.41, 5.74) is 2.70. The second kappa shape index (κ2) is 6.46. The summed E-state index contributed by atoms with van der Waals surface area (Å²) in [5, 5.41) is 0. The van der Waals surface area contributed by atoms with Crippen LogP contribution in [0.5, 0.6) is 0 Å². The van der Waals surface area contributed by atoms with Crippen LogP contribution in [0.15, 0.2) is 24.3 Å². The predicted octanol–water partition coefficient (Wildman–Crippen LogP) is 2.86. The summed E-state index contributed by atoms with van der Waals surface area (Å²) >= 11 is 0. The van der Waals surface area contributed by atoms with Crippen molar-refractivity contribution in [3.8, 4) is 0 Å². The first-order valence-electron chi connectivity index (χ1n) is 5.76. The lowest BCUT2D eigenvalue weighted by atomic mass is 10.2. The van der Waals surface area contributed by atoms with E-state index < -0.39 is 0 Å². The van der Waals surface area contributed by atoms with Gasteiger partial charge in [0.1, 0.15) is 0 Å². The van der Waals surface area contributed by atoms with Crippen LogP contribution in [-0.2, 0) is 4.74 Å². The number of anilines is 1. The summed E-state index contributed by atoms with van der Waals surface area (Å²) in [6.07, 6.45) is 0. The number of morpholine rings is 1. The van der Waals surface area contributed by atoms with E-state index in [-0.39, 0.29) is 0 Å². The van der Waals surface area contributed by atoms with Crippen molar-refractivity contribution in [3.05, 3.63) is 29.8 Å². The summed E-state index contributed by atoms with van der Waals surface area (Å²) in [5.74, 6) is 0. The highest BCUT2D eigenvalue weighted by Gasteiger charge is 2.11. The molecule has 84 valence electrons. The average molecular weight is 207 g/mol. The smallest absolute Gasteiger partial charge is 0.0642 e. The van der Waals surface area contributed by atoms with Crippen molar-refractivity contribution in [1.82, 2.24) is 0 Å². The summed E-state index contributed by atoms with van der Waals surface area (Å²) in [7, 11) is 0. The van der Waals surface area contributed by atoms with E-state index >= 15 is 0 Å². The fourth-order valence-corrected chi connectivity index (χ4v) is 1.72. The van der Waals surface area contributed by atoms with E-state index in [4.69, 9.17) is 4.74 Å². The van der Waals surface area contributed by atoms with Crippen molar-refractivity contribution in [1.29, 1.82) is 0 Å². The molecule has 0 spiro atoms. The standard InChI is InChI=1S/C11H15NO.C2H6/c1-10-4-2-3-5-11(10)12-6-8-13-9-7-12;1-2/h2-5H,6-9H2,1H3;1-2H3. The fourth-order valence-electron chi connectivity index (χ4n) is 1.72. The number of hydrogen-bond donors (Lipinski definition) is 0. The van der Waals surface area contributed by atoms with Crippen molar-refractivity contribution in [2.24, 2.45) is 0 Å². The van der Waals surface area contributed by atoms with Crippen molar-refractivity contribution in [2.45, 2.75) is 20.8 Å². The molecule has 1 aliphatic heterocycles. The topological polar surface area (TPSA) is 12.5 Å². The van der Waals surface area contributed by atoms with Gasteiger partial charge in [0, 0.05) is 18.8 Å². The number of nitrogens with zero attached hydrogens (tertiary/aromatic N) is 1. The van der Waals surface area contributed by atoms with Crippen molar-refractivity contribution in [3.63, 3.8) is 0 Å². The Bertz CT molecular complexity index is 280. The molecule has 1 aromatic carbocycles. The molecule has 1 heterocycles. The van der Waals surface area contributed by atoms with Crippen LogP contribution in [0.4, 0.5) is 5.69 Å². The maximum atomic E-state index is 5.32. The summed E-state index contributed by atoms with van der Waals surface area (Å²) < 4.78 is 5.32. The van der Waals surface area contributed by atoms with Gasteiger partial charge in [-0.1, -0.05) is 32.0 Å². The minimum Gasteiger partial charge on any atom is -0.378 e. The van der Waals surface area contributed by atoms with Crippen molar-refractivity contribution >= 4 is 5.69 Å². The summed E-state index contributed by atoms with van der Waals surface area (Å²) in [6.45, 7) is 9.91. The van der Waals surface area contributed by atoms with Gasteiger partial charge in [-0.15, -0.1) is 0 Å². The average Bonchev–Trinajstić information content (AvgIpc) is 2.33. The molecule has 1 aliphatic rings. The zero-order valence-corrected chi connectivity index (χ0v) is 9.99. The fraction of sp³-hybridized carbons (Fsp3) is 0.538. The predicted molar refractivity (Wildman–Crippen MR) is 65.6 cm³/mol. The Labute approximate surface area is 92.9 Å². The molecule has 2 nitrogen and oxygen atoms in total. The van der Waals surface area contributed by atoms with E-state index in [0.717, 1.165) is 26.3 Å². The second-order valence-corrected chi connectivity index (χ2v) is 3.39. The molecule has 0 bridgehead atoms. The molecule has 0 N–H and O–H groups in total. The van der Waals surface area contributed by atoms with Crippen LogP contribution in [0.1, 0.15) is 19.4 Å². The Morgan fingerprint density at radius 1 is 1.07 bits per heavy atom. The van der Waals surface area contributed by atoms with Crippen LogP contribution in [0.25, 0.3) is 0 Å². The normalized spacial score (nSPS) is 15.5. The maximum absolute atomic E-state index is 5.32. The van der Waals surface area contributed by atoms with Gasteiger partial charge in [0.25, 0.3) is 0 Å². The molecule has 1 fully saturated rings. The molecule has 15 heavy (non-hydrogen) atoms. The zero-order valence-electron chi connectivity index (χ0n) is 9.99. The summed E-state index contributed by atoms with van der Waals surface area (Å²) in [6, 6.07) is 8.52. The molecule has 2 rings (SSSR count). The van der Waals surface area contributed by atoms with Crippen LogP contribution < -0.4 is 4.90 Å². The van der Waals surface area contributed by atoms with E-state index in [0.29, 0.717) is 0 Å². The molecule has 1 saturated heterocycles. The minimum absolute atomic E-state index is 0.855. The Morgan fingerprint density at radius 2 is 1.67 bits per heavy atom. The number of hydrogen-bond acceptors (Lipinski definition) is 2. The summed E-state index contributed by atoms with van der Waals surface area (Å²) in [4.78, 5) is 2.39. The number of ether oxygens (including phenoxy) is 1. The molecule has 0 aliphatic carbocycles. The van der Waals surface area contributed by atoms with Gasteiger partial charge in [-0.3, -0.25) is 0 Å². The molecule has 0 aromatic heterocycles. The van der Waals surface area contributed by atoms with Gasteiger partial charge in [0.15, 0.2) is 0 Å². The Kier molecular flexibility index (Phi) is 5.19. The minimum atomic E-state index is 0.855. The molecule has 0 amide bonds. The van der Waals surface area contributed by atoms with E-state index in [2.05, 4.69) is 36.1 Å². The van der Waals surface area contributed by atoms with E-state index in [1.165, 1.54) is 11.3 Å². The first kappa shape index (κ1) is 12.1. The highest BCUT2D eigenvalue weighted by molar-refractivity contribution is 5.53. The van der Waals surface area contributed by atoms with Crippen LogP contribution in [-0.4, -0.2) is 26.3 Å². The monoisotopic (exact) mass is 207 g/mol. The zero-order chi connectivity index (χ0) is 11.1. The largest absolute Gasteiger partial charge is 0.378 e. The van der Waals surface area contributed by atoms with Gasteiger partial charge in [-0.2, -0.15) is 0 Å². The van der Waals surface area contributed by atoms with Crippen molar-refractivity contribution in [2.75, 3.05) is 31.2 Å². The molecular formula is C13H21NO. The van der Waals surface area contributed by atoms with Crippen LogP contribution in [0, 0.1) is 6.92 Å². The molecule has 2 heteroatoms. The third kappa shape index (κ3) is 3.24. The first-order valence-corrected chi connectivity index (χ1v) is 5.76. The van der Waals surface area contributed by atoms with Crippen LogP contribution in [0.3, 0.4) is 0 Å². The maximum Gasteiger partial charge on any atom is 0.0642 e. The lowest BCUT2D eigenvalue weighted by molar-refractivity contribution is 0.122. The highest BCUT2D eigenvalue weighted by atomic mass is 16.5. The third-order valence-corrected chi connectivity index (χ3v) is 2.47. The number of para-hydroxylation sites is 1. The number of benzene rings is 1. The van der Waals surface area contributed by atoms with Gasteiger partial charge < -0.3 is 9.64 Å². The molecule has 0 radical (unpaired) electrons. The van der Waals surface area contributed by atoms with E-state index in [9.17, 15) is 0 Å². The number of aryl methyl sites for hydroxylation is 1. The quantitative estimate of drug-likeness (QED) is 0.702. The molecular weight excluding hydrogens is 186 g/mol. The van der Waals surface area contributed by atoms with Gasteiger partial charge in [-0.05, 0) is 18.6 Å². The second-order valence-electron chi connectivity index (χ2n) is 3.39. The van der Waals surface area contributed by atoms with E-state index in [1.807, 2.05) is 13.8 Å². The van der Waals surface area contributed by atoms with Gasteiger partial charge in [0.2, 0.25) is 0 Å². The number of rotatable bonds is 1. The van der Waals surface area contributed by atoms with Gasteiger partial charge in [-0.25, -0.2) is 0 Å². The third-order valence-electron chi connectivity index (χ3n) is 2.47. The van der Waals surface area contributed by atoms with E-state index in [1.54, 1.807) is 0 Å². The Balaban J connectivity index is 0.000000531. The SMILES string of the molecule is CC.Cc1ccccc1N1CCOCC1. The molecule has 0 unspecified atom stereocenters. The van der Waals surface area contributed by atoms with Crippen LogP contribution in [0.2, 0.25) is 0 Å². The van der Waals surface area contributed by atoms with Gasteiger partial charge in [0.05, 0.1) is 13.2 Å². The molecule has 1 aromatic rings. The van der Waals surface area contributed by atoms with Gasteiger partial charge >= 0.3 is 0 Å². The van der Waals surface area contributed by atoms with Crippen molar-refractivity contribution < 1.29 is 4.74 Å². The first-order chi connectivity index (χ1) is 7.38.